The van der Waals surface area contributed by atoms with E-state index in [1.165, 1.54) is 13.2 Å². The lowest BCUT2D eigenvalue weighted by molar-refractivity contribution is -0.427. The van der Waals surface area contributed by atoms with Gasteiger partial charge in [-0.15, -0.1) is 0 Å². The van der Waals surface area contributed by atoms with E-state index >= 15 is 0 Å². The van der Waals surface area contributed by atoms with Gasteiger partial charge in [-0.25, -0.2) is 0 Å². The lowest BCUT2D eigenvalue weighted by Gasteiger charge is -2.16. The second-order valence-corrected chi connectivity index (χ2v) is 3.64. The van der Waals surface area contributed by atoms with Gasteiger partial charge in [0.25, 0.3) is 5.70 Å². The molecule has 0 aliphatic carbocycles. The van der Waals surface area contributed by atoms with E-state index in [0.717, 1.165) is 0 Å². The monoisotopic (exact) mass is 241 g/mol. The van der Waals surface area contributed by atoms with Crippen molar-refractivity contribution >= 4 is 17.7 Å². The molecular weight excluding hydrogens is 234 g/mol. The summed E-state index contributed by atoms with van der Waals surface area (Å²) < 4.78 is 10.4. The summed E-state index contributed by atoms with van der Waals surface area (Å²) in [5, 5.41) is 11.0. The molecule has 0 atom stereocenters. The third kappa shape index (κ3) is 1.81. The molecule has 0 fully saturated rings. The van der Waals surface area contributed by atoms with E-state index in [0.29, 0.717) is 22.1 Å². The third-order valence-electron chi connectivity index (χ3n) is 2.19. The molecule has 1 aromatic rings. The van der Waals surface area contributed by atoms with Crippen LogP contribution < -0.4 is 9.47 Å². The van der Waals surface area contributed by atoms with Crippen LogP contribution in [0.1, 0.15) is 5.56 Å². The van der Waals surface area contributed by atoms with Gasteiger partial charge in [-0.2, -0.15) is 0 Å². The number of rotatable bonds is 2. The molecule has 1 aromatic carbocycles. The van der Waals surface area contributed by atoms with Crippen molar-refractivity contribution in [2.75, 3.05) is 13.7 Å². The molecule has 1 heterocycles. The highest BCUT2D eigenvalue weighted by molar-refractivity contribution is 6.31. The zero-order valence-electron chi connectivity index (χ0n) is 8.40. The first kappa shape index (κ1) is 10.8. The summed E-state index contributed by atoms with van der Waals surface area (Å²) >= 11 is 5.85. The number of benzene rings is 1. The van der Waals surface area contributed by atoms with Gasteiger partial charge < -0.3 is 9.47 Å². The average molecular weight is 242 g/mol. The first-order chi connectivity index (χ1) is 7.61. The Morgan fingerprint density at radius 2 is 2.31 bits per heavy atom. The molecule has 0 N–H and O–H groups in total. The normalized spacial score (nSPS) is 13.5. The Bertz CT molecular complexity index is 484. The lowest BCUT2D eigenvalue weighted by atomic mass is 10.1. The van der Waals surface area contributed by atoms with Crippen LogP contribution in [0, 0.1) is 10.1 Å². The molecule has 0 aromatic heterocycles. The van der Waals surface area contributed by atoms with Gasteiger partial charge in [-0.1, -0.05) is 11.6 Å². The van der Waals surface area contributed by atoms with E-state index in [2.05, 4.69) is 0 Å². The van der Waals surface area contributed by atoms with Gasteiger partial charge in [0.2, 0.25) is 0 Å². The van der Waals surface area contributed by atoms with Crippen molar-refractivity contribution in [3.63, 3.8) is 0 Å². The third-order valence-corrected chi connectivity index (χ3v) is 2.41. The minimum atomic E-state index is -0.476. The molecule has 84 valence electrons. The molecule has 0 amide bonds. The number of fused-ring (bicyclic) bond motifs is 1. The number of methoxy groups -OCH3 is 1. The molecule has 0 saturated heterocycles. The minimum absolute atomic E-state index is 0.00294. The number of ether oxygens (including phenoxy) is 2. The average Bonchev–Trinajstić information content (AvgIpc) is 2.26. The van der Waals surface area contributed by atoms with Crippen molar-refractivity contribution in [2.24, 2.45) is 0 Å². The number of nitro groups is 1. The highest BCUT2D eigenvalue weighted by atomic mass is 35.5. The van der Waals surface area contributed by atoms with Crippen LogP contribution in [0.5, 0.6) is 11.5 Å². The topological polar surface area (TPSA) is 61.6 Å². The van der Waals surface area contributed by atoms with E-state index < -0.39 is 4.92 Å². The number of hydrogen-bond donors (Lipinski definition) is 0. The summed E-state index contributed by atoms with van der Waals surface area (Å²) in [6.07, 6.45) is 1.44. The molecule has 2 rings (SSSR count). The second kappa shape index (κ2) is 4.02. The Hall–Kier alpha value is -1.75. The quantitative estimate of drug-likeness (QED) is 0.589. The molecule has 1 aliphatic rings. The van der Waals surface area contributed by atoms with E-state index in [9.17, 15) is 10.1 Å². The zero-order valence-corrected chi connectivity index (χ0v) is 9.15. The van der Waals surface area contributed by atoms with Crippen LogP contribution in [0.3, 0.4) is 0 Å². The fourth-order valence-corrected chi connectivity index (χ4v) is 1.69. The van der Waals surface area contributed by atoms with E-state index in [1.54, 1.807) is 12.1 Å². The maximum Gasteiger partial charge on any atom is 0.284 e. The molecular formula is C10H8ClNO4. The second-order valence-electron chi connectivity index (χ2n) is 3.21. The van der Waals surface area contributed by atoms with Gasteiger partial charge in [0.1, 0.15) is 0 Å². The molecule has 0 saturated carbocycles. The van der Waals surface area contributed by atoms with E-state index in [-0.39, 0.29) is 12.3 Å². The summed E-state index contributed by atoms with van der Waals surface area (Å²) in [5.74, 6) is 0.957. The van der Waals surface area contributed by atoms with Crippen LogP contribution in [0.25, 0.3) is 6.08 Å². The van der Waals surface area contributed by atoms with Gasteiger partial charge in [0.15, 0.2) is 18.1 Å². The Kier molecular flexibility index (Phi) is 2.70. The van der Waals surface area contributed by atoms with Gasteiger partial charge in [-0.3, -0.25) is 10.1 Å². The van der Waals surface area contributed by atoms with Crippen LogP contribution in [0.4, 0.5) is 0 Å². The highest BCUT2D eigenvalue weighted by Gasteiger charge is 2.22. The molecule has 1 aliphatic heterocycles. The van der Waals surface area contributed by atoms with Crippen molar-refractivity contribution in [1.29, 1.82) is 0 Å². The molecule has 6 heteroatoms. The van der Waals surface area contributed by atoms with Crippen molar-refractivity contribution < 1.29 is 14.4 Å². The summed E-state index contributed by atoms with van der Waals surface area (Å²) in [5.41, 5.74) is 0.555. The highest BCUT2D eigenvalue weighted by Crippen LogP contribution is 2.38. The number of halogens is 1. The lowest BCUT2D eigenvalue weighted by Crippen LogP contribution is -2.14. The number of nitrogens with zero attached hydrogens (tertiary/aromatic N) is 1. The Balaban J connectivity index is 2.54. The zero-order chi connectivity index (χ0) is 11.7. The van der Waals surface area contributed by atoms with Crippen LogP contribution in [0.15, 0.2) is 17.8 Å². The van der Waals surface area contributed by atoms with Gasteiger partial charge in [0.05, 0.1) is 12.0 Å². The standard InChI is InChI=1S/C10H8ClNO4/c1-15-9-4-7(11)2-6-3-8(12(13)14)5-16-10(6)9/h2-4H,5H2,1H3. The van der Waals surface area contributed by atoms with Crippen molar-refractivity contribution in [2.45, 2.75) is 0 Å². The maximum atomic E-state index is 10.6. The Morgan fingerprint density at radius 1 is 1.56 bits per heavy atom. The molecule has 0 bridgehead atoms. The SMILES string of the molecule is COc1cc(Cl)cc2c1OCC([N+](=O)[O-])=C2. The Labute approximate surface area is 96.4 Å². The van der Waals surface area contributed by atoms with Crippen LogP contribution in [0.2, 0.25) is 5.02 Å². The van der Waals surface area contributed by atoms with Crippen molar-refractivity contribution in [1.82, 2.24) is 0 Å². The van der Waals surface area contributed by atoms with Crippen LogP contribution >= 0.6 is 11.6 Å². The maximum absolute atomic E-state index is 10.6. The van der Waals surface area contributed by atoms with Gasteiger partial charge in [-0.05, 0) is 6.07 Å². The Morgan fingerprint density at radius 3 is 2.94 bits per heavy atom. The molecule has 0 unspecified atom stereocenters. The van der Waals surface area contributed by atoms with Gasteiger partial charge in [0, 0.05) is 22.7 Å². The molecule has 0 spiro atoms. The summed E-state index contributed by atoms with van der Waals surface area (Å²) in [6, 6.07) is 3.20. The minimum Gasteiger partial charge on any atom is -0.493 e. The van der Waals surface area contributed by atoms with Crippen LogP contribution in [-0.2, 0) is 0 Å². The molecule has 0 radical (unpaired) electrons. The molecule has 16 heavy (non-hydrogen) atoms. The van der Waals surface area contributed by atoms with E-state index in [4.69, 9.17) is 21.1 Å². The first-order valence-corrected chi connectivity index (χ1v) is 4.85. The van der Waals surface area contributed by atoms with Gasteiger partial charge >= 0.3 is 0 Å². The van der Waals surface area contributed by atoms with Crippen molar-refractivity contribution in [3.05, 3.63) is 38.5 Å². The van der Waals surface area contributed by atoms with E-state index in [1.807, 2.05) is 0 Å². The summed E-state index contributed by atoms with van der Waals surface area (Å²) in [4.78, 5) is 10.1. The fraction of sp³-hybridized carbons (Fsp3) is 0.200. The summed E-state index contributed by atoms with van der Waals surface area (Å²) in [7, 11) is 1.49. The van der Waals surface area contributed by atoms with Crippen molar-refractivity contribution in [3.8, 4) is 11.5 Å². The smallest absolute Gasteiger partial charge is 0.284 e. The summed E-state index contributed by atoms with van der Waals surface area (Å²) in [6.45, 7) is -0.0714. The molecule has 5 nitrogen and oxygen atoms in total. The fourth-order valence-electron chi connectivity index (χ4n) is 1.47. The predicted octanol–water partition coefficient (Wildman–Crippen LogP) is 2.36. The largest absolute Gasteiger partial charge is 0.493 e. The van der Waals surface area contributed by atoms with Crippen LogP contribution in [-0.4, -0.2) is 18.6 Å². The number of hydrogen-bond acceptors (Lipinski definition) is 4. The predicted molar refractivity (Wildman–Crippen MR) is 58.5 cm³/mol. The first-order valence-electron chi connectivity index (χ1n) is 4.47.